The number of rotatable bonds is 6. The zero-order valence-corrected chi connectivity index (χ0v) is 14.6. The Morgan fingerprint density at radius 1 is 1.20 bits per heavy atom. The van der Waals surface area contributed by atoms with Gasteiger partial charge < -0.3 is 5.11 Å². The Hall–Kier alpha value is -1.91. The Balaban J connectivity index is 2.27. The SMILES string of the molecule is CN(Cc1ccccc1C(F)(F)F)S(=O)(=O)c1ccc(CC(=O)O)s1. The van der Waals surface area contributed by atoms with Crippen LogP contribution in [-0.4, -0.2) is 30.8 Å². The number of nitrogens with zero attached hydrogens (tertiary/aromatic N) is 1. The Kier molecular flexibility index (Phi) is 5.55. The fourth-order valence-corrected chi connectivity index (χ4v) is 4.86. The molecule has 1 aromatic heterocycles. The lowest BCUT2D eigenvalue weighted by molar-refractivity contribution is -0.138. The minimum Gasteiger partial charge on any atom is -0.481 e. The molecule has 1 aromatic carbocycles. The van der Waals surface area contributed by atoms with Gasteiger partial charge in [0.05, 0.1) is 12.0 Å². The summed E-state index contributed by atoms with van der Waals surface area (Å²) in [4.78, 5) is 11.0. The van der Waals surface area contributed by atoms with Crippen molar-refractivity contribution < 1.29 is 31.5 Å². The number of carboxylic acid groups (broad SMARTS) is 1. The molecular formula is C15H14F3NO4S2. The molecule has 0 aliphatic heterocycles. The summed E-state index contributed by atoms with van der Waals surface area (Å²) in [7, 11) is -2.84. The molecular weight excluding hydrogens is 379 g/mol. The molecule has 0 amide bonds. The van der Waals surface area contributed by atoms with Gasteiger partial charge in [-0.15, -0.1) is 11.3 Å². The zero-order valence-electron chi connectivity index (χ0n) is 12.9. The predicted octanol–water partition coefficient (Wildman–Crippen LogP) is 3.21. The molecule has 10 heteroatoms. The van der Waals surface area contributed by atoms with Crippen molar-refractivity contribution >= 4 is 27.3 Å². The summed E-state index contributed by atoms with van der Waals surface area (Å²) in [5.41, 5.74) is -1.06. The molecule has 0 unspecified atom stereocenters. The first-order chi connectivity index (χ1) is 11.5. The van der Waals surface area contributed by atoms with Crippen LogP contribution in [0.25, 0.3) is 0 Å². The summed E-state index contributed by atoms with van der Waals surface area (Å²) >= 11 is 0.784. The van der Waals surface area contributed by atoms with Crippen molar-refractivity contribution in [3.05, 3.63) is 52.4 Å². The van der Waals surface area contributed by atoms with Crippen LogP contribution in [0.1, 0.15) is 16.0 Å². The van der Waals surface area contributed by atoms with Crippen LogP contribution >= 0.6 is 11.3 Å². The van der Waals surface area contributed by atoms with Gasteiger partial charge >= 0.3 is 12.1 Å². The molecule has 1 heterocycles. The van der Waals surface area contributed by atoms with E-state index in [4.69, 9.17) is 5.11 Å². The molecule has 0 aliphatic rings. The maximum Gasteiger partial charge on any atom is 0.416 e. The molecule has 0 fully saturated rings. The van der Waals surface area contributed by atoms with Gasteiger partial charge in [0.2, 0.25) is 0 Å². The van der Waals surface area contributed by atoms with E-state index in [1.807, 2.05) is 0 Å². The molecule has 136 valence electrons. The second kappa shape index (κ2) is 7.14. The Labute approximate surface area is 146 Å². The zero-order chi connectivity index (χ0) is 18.8. The highest BCUT2D eigenvalue weighted by atomic mass is 32.2. The highest BCUT2D eigenvalue weighted by molar-refractivity contribution is 7.91. The van der Waals surface area contributed by atoms with Crippen LogP contribution in [0.2, 0.25) is 0 Å². The first kappa shape index (κ1) is 19.4. The van der Waals surface area contributed by atoms with E-state index < -0.39 is 34.3 Å². The normalized spacial score (nSPS) is 12.5. The number of sulfonamides is 1. The van der Waals surface area contributed by atoms with E-state index in [-0.39, 0.29) is 16.2 Å². The van der Waals surface area contributed by atoms with Crippen molar-refractivity contribution in [2.75, 3.05) is 7.05 Å². The predicted molar refractivity (Wildman–Crippen MR) is 85.8 cm³/mol. The van der Waals surface area contributed by atoms with Gasteiger partial charge in [-0.05, 0) is 23.8 Å². The van der Waals surface area contributed by atoms with Crippen LogP contribution in [0, 0.1) is 0 Å². The van der Waals surface area contributed by atoms with Crippen LogP contribution in [0.5, 0.6) is 0 Å². The van der Waals surface area contributed by atoms with Crippen LogP contribution in [0.4, 0.5) is 13.2 Å². The Morgan fingerprint density at radius 3 is 2.44 bits per heavy atom. The number of benzene rings is 1. The summed E-state index contributed by atoms with van der Waals surface area (Å²) < 4.78 is 64.8. The minimum absolute atomic E-state index is 0.115. The Bertz CT molecular complexity index is 875. The molecule has 0 radical (unpaired) electrons. The molecule has 0 bridgehead atoms. The lowest BCUT2D eigenvalue weighted by Gasteiger charge is -2.19. The monoisotopic (exact) mass is 393 g/mol. The van der Waals surface area contributed by atoms with E-state index in [1.165, 1.54) is 37.4 Å². The summed E-state index contributed by atoms with van der Waals surface area (Å²) in [5, 5.41) is 8.73. The summed E-state index contributed by atoms with van der Waals surface area (Å²) in [6.45, 7) is -0.454. The van der Waals surface area contributed by atoms with E-state index in [0.29, 0.717) is 4.88 Å². The Morgan fingerprint density at radius 2 is 1.84 bits per heavy atom. The topological polar surface area (TPSA) is 74.7 Å². The van der Waals surface area contributed by atoms with E-state index in [1.54, 1.807) is 0 Å². The van der Waals surface area contributed by atoms with Gasteiger partial charge in [0.25, 0.3) is 10.0 Å². The fraction of sp³-hybridized carbons (Fsp3) is 0.267. The van der Waals surface area contributed by atoms with E-state index in [2.05, 4.69) is 0 Å². The highest BCUT2D eigenvalue weighted by Gasteiger charge is 2.34. The maximum atomic E-state index is 13.0. The molecule has 0 spiro atoms. The van der Waals surface area contributed by atoms with Crippen molar-refractivity contribution in [3.63, 3.8) is 0 Å². The van der Waals surface area contributed by atoms with Crippen molar-refractivity contribution in [1.82, 2.24) is 4.31 Å². The van der Waals surface area contributed by atoms with Crippen LogP contribution < -0.4 is 0 Å². The number of carboxylic acids is 1. The third-order valence-corrected chi connectivity index (χ3v) is 6.70. The molecule has 5 nitrogen and oxygen atoms in total. The molecule has 0 aliphatic carbocycles. The summed E-state index contributed by atoms with van der Waals surface area (Å²) in [5.74, 6) is -1.10. The van der Waals surface area contributed by atoms with Crippen molar-refractivity contribution in [2.24, 2.45) is 0 Å². The molecule has 0 saturated heterocycles. The lowest BCUT2D eigenvalue weighted by Crippen LogP contribution is -2.27. The van der Waals surface area contributed by atoms with E-state index in [0.717, 1.165) is 21.7 Å². The molecule has 1 N–H and O–H groups in total. The number of hydrogen-bond acceptors (Lipinski definition) is 4. The van der Waals surface area contributed by atoms with E-state index >= 15 is 0 Å². The quantitative estimate of drug-likeness (QED) is 0.818. The second-order valence-corrected chi connectivity index (χ2v) is 8.65. The number of hydrogen-bond donors (Lipinski definition) is 1. The standard InChI is InChI=1S/C15H14F3NO4S2/c1-19(9-10-4-2-3-5-12(10)15(16,17)18)25(22,23)14-7-6-11(24-14)8-13(20)21/h2-7H,8-9H2,1H3,(H,20,21). The number of thiophene rings is 1. The van der Waals surface area contributed by atoms with Crippen molar-refractivity contribution in [1.29, 1.82) is 0 Å². The van der Waals surface area contributed by atoms with Gasteiger partial charge in [-0.25, -0.2) is 8.42 Å². The van der Waals surface area contributed by atoms with Crippen molar-refractivity contribution in [3.8, 4) is 0 Å². The number of halogens is 3. The van der Waals surface area contributed by atoms with Gasteiger partial charge in [-0.1, -0.05) is 18.2 Å². The number of aliphatic carboxylic acids is 1. The number of alkyl halides is 3. The van der Waals surface area contributed by atoms with Gasteiger partial charge in [-0.3, -0.25) is 4.79 Å². The molecule has 0 saturated carbocycles. The minimum atomic E-state index is -4.58. The highest BCUT2D eigenvalue weighted by Crippen LogP contribution is 2.33. The van der Waals surface area contributed by atoms with Gasteiger partial charge in [-0.2, -0.15) is 17.5 Å². The third kappa shape index (κ3) is 4.59. The molecule has 2 aromatic rings. The molecule has 0 atom stereocenters. The summed E-state index contributed by atoms with van der Waals surface area (Å²) in [6, 6.07) is 7.39. The van der Waals surface area contributed by atoms with E-state index in [9.17, 15) is 26.4 Å². The van der Waals surface area contributed by atoms with Crippen LogP contribution in [0.15, 0.2) is 40.6 Å². The van der Waals surface area contributed by atoms with Crippen molar-refractivity contribution in [2.45, 2.75) is 23.4 Å². The third-order valence-electron chi connectivity index (χ3n) is 3.34. The average Bonchev–Trinajstić information content (AvgIpc) is 2.95. The smallest absolute Gasteiger partial charge is 0.416 e. The fourth-order valence-electron chi connectivity index (χ4n) is 2.15. The average molecular weight is 393 g/mol. The first-order valence-corrected chi connectivity index (χ1v) is 9.19. The van der Waals surface area contributed by atoms with Gasteiger partial charge in [0.1, 0.15) is 4.21 Å². The largest absolute Gasteiger partial charge is 0.481 e. The van der Waals surface area contributed by atoms with Gasteiger partial charge in [0, 0.05) is 18.5 Å². The molecule has 2 rings (SSSR count). The van der Waals surface area contributed by atoms with Crippen LogP contribution in [0.3, 0.4) is 0 Å². The maximum absolute atomic E-state index is 13.0. The lowest BCUT2D eigenvalue weighted by atomic mass is 10.1. The van der Waals surface area contributed by atoms with Gasteiger partial charge in [0.15, 0.2) is 0 Å². The molecule has 25 heavy (non-hydrogen) atoms. The first-order valence-electron chi connectivity index (χ1n) is 6.94. The number of carbonyl (C=O) groups is 1. The van der Waals surface area contributed by atoms with Crippen LogP contribution in [-0.2, 0) is 34.0 Å². The summed E-state index contributed by atoms with van der Waals surface area (Å²) in [6.07, 6.45) is -4.90. The second-order valence-electron chi connectivity index (χ2n) is 5.21.